The molecule has 0 saturated heterocycles. The van der Waals surface area contributed by atoms with E-state index in [4.69, 9.17) is 11.6 Å². The number of halogens is 1. The molecule has 1 aromatic heterocycles. The van der Waals surface area contributed by atoms with Crippen molar-refractivity contribution < 1.29 is 18.6 Å². The smallest absolute Gasteiger partial charge is 0.246 e. The molecule has 2 aromatic carbocycles. The molecule has 0 atom stereocenters. The van der Waals surface area contributed by atoms with E-state index >= 15 is 0 Å². The molecule has 0 aliphatic carbocycles. The summed E-state index contributed by atoms with van der Waals surface area (Å²) in [6.07, 6.45) is 1.51. The van der Waals surface area contributed by atoms with E-state index in [1.54, 1.807) is 44.2 Å². The molecule has 28 heavy (non-hydrogen) atoms. The predicted octanol–water partition coefficient (Wildman–Crippen LogP) is 3.63. The zero-order valence-electron chi connectivity index (χ0n) is 15.5. The fraction of sp³-hybridized carbons (Fsp3) is 0.211. The molecule has 9 heteroatoms. The van der Waals surface area contributed by atoms with Gasteiger partial charge in [0.2, 0.25) is 10.0 Å². The van der Waals surface area contributed by atoms with Crippen molar-refractivity contribution in [2.45, 2.75) is 24.8 Å². The lowest BCUT2D eigenvalue weighted by atomic mass is 10.1. The number of hydrogen-bond donors (Lipinski definition) is 2. The molecule has 0 fully saturated rings. The standard InChI is InChI=1S/C19H20ClN3O4S/c1-12(2)22(3)28(26,27)19-10-13(17(24)11-18(19)25)15-8-9-21-23(15)16-7-5-4-6-14(16)20/h4-12,24-25H,1-3H3. The van der Waals surface area contributed by atoms with Gasteiger partial charge in [0.15, 0.2) is 0 Å². The molecule has 0 aliphatic heterocycles. The van der Waals surface area contributed by atoms with Crippen LogP contribution in [-0.2, 0) is 10.0 Å². The average Bonchev–Trinajstić information content (AvgIpc) is 3.10. The minimum absolute atomic E-state index is 0.200. The lowest BCUT2D eigenvalue weighted by Gasteiger charge is -2.22. The van der Waals surface area contributed by atoms with Gasteiger partial charge in [0.25, 0.3) is 0 Å². The highest BCUT2D eigenvalue weighted by molar-refractivity contribution is 7.89. The van der Waals surface area contributed by atoms with E-state index in [1.165, 1.54) is 24.0 Å². The van der Waals surface area contributed by atoms with Crippen molar-refractivity contribution in [3.05, 3.63) is 53.7 Å². The number of para-hydroxylation sites is 1. The van der Waals surface area contributed by atoms with Gasteiger partial charge in [0, 0.05) is 24.7 Å². The Morgan fingerprint density at radius 2 is 1.79 bits per heavy atom. The molecule has 3 aromatic rings. The van der Waals surface area contributed by atoms with E-state index < -0.39 is 15.8 Å². The molecule has 1 heterocycles. The van der Waals surface area contributed by atoms with Crippen LogP contribution >= 0.6 is 11.6 Å². The molecule has 3 rings (SSSR count). The molecule has 0 radical (unpaired) electrons. The van der Waals surface area contributed by atoms with E-state index in [9.17, 15) is 18.6 Å². The van der Waals surface area contributed by atoms with Crippen molar-refractivity contribution in [1.82, 2.24) is 14.1 Å². The second-order valence-corrected chi connectivity index (χ2v) is 8.90. The molecule has 0 unspecified atom stereocenters. The first-order valence-corrected chi connectivity index (χ1v) is 10.3. The van der Waals surface area contributed by atoms with Gasteiger partial charge in [-0.05, 0) is 38.1 Å². The molecule has 2 N–H and O–H groups in total. The third-order valence-corrected chi connectivity index (χ3v) is 6.84. The largest absolute Gasteiger partial charge is 0.507 e. The summed E-state index contributed by atoms with van der Waals surface area (Å²) in [6, 6.07) is 10.6. The Hall–Kier alpha value is -2.55. The van der Waals surface area contributed by atoms with Crippen LogP contribution in [0.5, 0.6) is 11.5 Å². The average molecular weight is 422 g/mol. The molecule has 0 bridgehead atoms. The summed E-state index contributed by atoms with van der Waals surface area (Å²) in [7, 11) is -2.54. The van der Waals surface area contributed by atoms with Gasteiger partial charge in [-0.1, -0.05) is 23.7 Å². The molecular weight excluding hydrogens is 402 g/mol. The van der Waals surface area contributed by atoms with Crippen molar-refractivity contribution in [3.8, 4) is 28.4 Å². The Labute approximate surface area is 168 Å². The first-order valence-electron chi connectivity index (χ1n) is 8.48. The van der Waals surface area contributed by atoms with E-state index in [0.29, 0.717) is 16.4 Å². The fourth-order valence-corrected chi connectivity index (χ4v) is 4.40. The van der Waals surface area contributed by atoms with Gasteiger partial charge >= 0.3 is 0 Å². The molecule has 0 aliphatic rings. The predicted molar refractivity (Wildman–Crippen MR) is 107 cm³/mol. The van der Waals surface area contributed by atoms with Gasteiger partial charge in [0.05, 0.1) is 22.6 Å². The summed E-state index contributed by atoms with van der Waals surface area (Å²) in [4.78, 5) is -0.302. The van der Waals surface area contributed by atoms with Gasteiger partial charge in [-0.15, -0.1) is 0 Å². The molecule has 0 spiro atoms. The summed E-state index contributed by atoms with van der Waals surface area (Å²) >= 11 is 6.25. The van der Waals surface area contributed by atoms with Gasteiger partial charge in [-0.3, -0.25) is 0 Å². The van der Waals surface area contributed by atoms with Crippen molar-refractivity contribution in [2.24, 2.45) is 0 Å². The molecule has 148 valence electrons. The molecule has 0 saturated carbocycles. The number of phenolic OH excluding ortho intramolecular Hbond substituents is 2. The van der Waals surface area contributed by atoms with Crippen LogP contribution in [0.4, 0.5) is 0 Å². The van der Waals surface area contributed by atoms with Crippen LogP contribution in [0, 0.1) is 0 Å². The Morgan fingerprint density at radius 3 is 2.43 bits per heavy atom. The summed E-state index contributed by atoms with van der Waals surface area (Å²) < 4.78 is 28.4. The summed E-state index contributed by atoms with van der Waals surface area (Å²) in [6.45, 7) is 3.45. The third kappa shape index (κ3) is 3.46. The zero-order valence-corrected chi connectivity index (χ0v) is 17.1. The maximum Gasteiger partial charge on any atom is 0.246 e. The van der Waals surface area contributed by atoms with Crippen LogP contribution in [-0.4, -0.2) is 45.8 Å². The van der Waals surface area contributed by atoms with Crippen LogP contribution in [0.25, 0.3) is 16.9 Å². The first kappa shape index (κ1) is 20.2. The zero-order chi connectivity index (χ0) is 20.6. The maximum absolute atomic E-state index is 12.9. The minimum atomic E-state index is -3.97. The molecular formula is C19H20ClN3O4S. The minimum Gasteiger partial charge on any atom is -0.507 e. The van der Waals surface area contributed by atoms with Crippen molar-refractivity contribution >= 4 is 21.6 Å². The second kappa shape index (κ2) is 7.46. The van der Waals surface area contributed by atoms with Crippen LogP contribution in [0.15, 0.2) is 53.6 Å². The highest BCUT2D eigenvalue weighted by Crippen LogP contribution is 2.39. The number of nitrogens with zero attached hydrogens (tertiary/aromatic N) is 3. The van der Waals surface area contributed by atoms with E-state index in [0.717, 1.165) is 10.4 Å². The van der Waals surface area contributed by atoms with Gasteiger partial charge < -0.3 is 10.2 Å². The third-order valence-electron chi connectivity index (χ3n) is 4.46. The Kier molecular flexibility index (Phi) is 5.38. The highest BCUT2D eigenvalue weighted by Gasteiger charge is 2.28. The second-order valence-electron chi connectivity index (χ2n) is 6.53. The van der Waals surface area contributed by atoms with E-state index in [-0.39, 0.29) is 22.3 Å². The summed E-state index contributed by atoms with van der Waals surface area (Å²) in [5, 5.41) is 25.3. The maximum atomic E-state index is 12.9. The summed E-state index contributed by atoms with van der Waals surface area (Å²) in [5.74, 6) is -0.810. The number of benzene rings is 2. The van der Waals surface area contributed by atoms with Gasteiger partial charge in [-0.2, -0.15) is 9.40 Å². The first-order chi connectivity index (χ1) is 13.1. The van der Waals surface area contributed by atoms with Crippen molar-refractivity contribution in [1.29, 1.82) is 0 Å². The Morgan fingerprint density at radius 1 is 1.11 bits per heavy atom. The summed E-state index contributed by atoms with van der Waals surface area (Å²) in [5.41, 5.74) is 1.19. The van der Waals surface area contributed by atoms with Gasteiger partial charge in [0.1, 0.15) is 16.4 Å². The molecule has 7 nitrogen and oxygen atoms in total. The number of hydrogen-bond acceptors (Lipinski definition) is 5. The van der Waals surface area contributed by atoms with Crippen LogP contribution < -0.4 is 0 Å². The highest BCUT2D eigenvalue weighted by atomic mass is 35.5. The number of aromatic hydroxyl groups is 2. The van der Waals surface area contributed by atoms with E-state index in [1.807, 2.05) is 0 Å². The quantitative estimate of drug-likeness (QED) is 0.655. The van der Waals surface area contributed by atoms with E-state index in [2.05, 4.69) is 5.10 Å². The van der Waals surface area contributed by atoms with Crippen molar-refractivity contribution in [2.75, 3.05) is 7.05 Å². The van der Waals surface area contributed by atoms with Crippen LogP contribution in [0.2, 0.25) is 5.02 Å². The Balaban J connectivity index is 2.22. The van der Waals surface area contributed by atoms with Crippen LogP contribution in [0.1, 0.15) is 13.8 Å². The Bertz CT molecular complexity index is 1130. The number of phenols is 2. The monoisotopic (exact) mass is 421 g/mol. The SMILES string of the molecule is CC(C)N(C)S(=O)(=O)c1cc(-c2ccnn2-c2ccccc2Cl)c(O)cc1O. The van der Waals surface area contributed by atoms with Crippen molar-refractivity contribution in [3.63, 3.8) is 0 Å². The lowest BCUT2D eigenvalue weighted by molar-refractivity contribution is 0.401. The number of aromatic nitrogens is 2. The lowest BCUT2D eigenvalue weighted by Crippen LogP contribution is -2.33. The molecule has 0 amide bonds. The topological polar surface area (TPSA) is 95.7 Å². The number of rotatable bonds is 5. The number of sulfonamides is 1. The fourth-order valence-electron chi connectivity index (χ4n) is 2.72. The van der Waals surface area contributed by atoms with Crippen LogP contribution in [0.3, 0.4) is 0 Å². The van der Waals surface area contributed by atoms with Gasteiger partial charge in [-0.25, -0.2) is 13.1 Å². The normalized spacial score (nSPS) is 12.1.